The highest BCUT2D eigenvalue weighted by Gasteiger charge is 2.40. The monoisotopic (exact) mass is 414 g/mol. The Labute approximate surface area is 168 Å². The van der Waals surface area contributed by atoms with Crippen LogP contribution in [0.4, 0.5) is 0 Å². The van der Waals surface area contributed by atoms with Gasteiger partial charge in [0.1, 0.15) is 11.5 Å². The number of amides is 1. The summed E-state index contributed by atoms with van der Waals surface area (Å²) in [6, 6.07) is 12.3. The highest BCUT2D eigenvalue weighted by Crippen LogP contribution is 2.32. The van der Waals surface area contributed by atoms with Crippen LogP contribution in [0.3, 0.4) is 0 Å². The number of carbonyl (C=O) groups is 1. The molecule has 2 N–H and O–H groups in total. The van der Waals surface area contributed by atoms with E-state index >= 15 is 0 Å². The number of likely N-dealkylation sites (tertiary alicyclic amines) is 1. The van der Waals surface area contributed by atoms with E-state index in [0.717, 1.165) is 11.8 Å². The summed E-state index contributed by atoms with van der Waals surface area (Å²) in [7, 11) is -1.60. The maximum Gasteiger partial charge on any atom is 0.271 e. The van der Waals surface area contributed by atoms with Crippen molar-refractivity contribution in [3.05, 3.63) is 60.2 Å². The van der Waals surface area contributed by atoms with Gasteiger partial charge in [-0.3, -0.25) is 9.89 Å². The van der Waals surface area contributed by atoms with Crippen LogP contribution < -0.4 is 4.72 Å². The minimum atomic E-state index is -3.40. The second-order valence-electron chi connectivity index (χ2n) is 7.21. The average molecular weight is 414 g/mol. The van der Waals surface area contributed by atoms with Crippen LogP contribution in [0, 0.1) is 0 Å². The molecule has 1 saturated heterocycles. The molecule has 0 aliphatic carbocycles. The van der Waals surface area contributed by atoms with Crippen molar-refractivity contribution in [3.63, 3.8) is 0 Å². The molecule has 29 heavy (non-hydrogen) atoms. The van der Waals surface area contributed by atoms with Crippen molar-refractivity contribution in [3.8, 4) is 11.4 Å². The summed E-state index contributed by atoms with van der Waals surface area (Å²) in [5.74, 6) is 0.883. The van der Waals surface area contributed by atoms with Crippen LogP contribution >= 0.6 is 0 Å². The molecule has 152 valence electrons. The lowest BCUT2D eigenvalue weighted by Gasteiger charge is -2.23. The van der Waals surface area contributed by atoms with E-state index in [1.165, 1.54) is 0 Å². The molecule has 1 aromatic carbocycles. The van der Waals surface area contributed by atoms with Crippen molar-refractivity contribution in [2.75, 3.05) is 12.8 Å². The molecular weight excluding hydrogens is 392 g/mol. The highest BCUT2D eigenvalue weighted by molar-refractivity contribution is 7.88. The molecule has 1 aliphatic heterocycles. The third kappa shape index (κ3) is 4.08. The van der Waals surface area contributed by atoms with Crippen molar-refractivity contribution in [1.82, 2.24) is 29.4 Å². The summed E-state index contributed by atoms with van der Waals surface area (Å²) in [6.07, 6.45) is 3.32. The lowest BCUT2D eigenvalue weighted by atomic mass is 10.1. The molecular formula is C19H22N6O3S. The molecule has 0 unspecified atom stereocenters. The third-order valence-corrected chi connectivity index (χ3v) is 5.72. The fourth-order valence-corrected chi connectivity index (χ4v) is 4.45. The number of sulfonamides is 1. The Morgan fingerprint density at radius 2 is 1.97 bits per heavy atom. The molecule has 4 rings (SSSR count). The number of hydrogen-bond donors (Lipinski definition) is 2. The van der Waals surface area contributed by atoms with Crippen molar-refractivity contribution in [1.29, 1.82) is 0 Å². The van der Waals surface area contributed by atoms with Gasteiger partial charge in [0.2, 0.25) is 10.0 Å². The second kappa shape index (κ2) is 7.45. The first-order valence-electron chi connectivity index (χ1n) is 9.19. The Balaban J connectivity index is 1.66. The molecule has 2 aromatic heterocycles. The Morgan fingerprint density at radius 3 is 2.62 bits per heavy atom. The van der Waals surface area contributed by atoms with E-state index in [1.54, 1.807) is 34.8 Å². The van der Waals surface area contributed by atoms with Crippen LogP contribution in [-0.2, 0) is 17.1 Å². The third-order valence-electron chi connectivity index (χ3n) is 4.96. The van der Waals surface area contributed by atoms with Gasteiger partial charge in [0.15, 0.2) is 5.82 Å². The van der Waals surface area contributed by atoms with Crippen LogP contribution in [-0.4, -0.2) is 57.8 Å². The quantitative estimate of drug-likeness (QED) is 0.654. The number of aromatic nitrogens is 4. The Hall–Kier alpha value is -2.98. The van der Waals surface area contributed by atoms with Crippen LogP contribution in [0.2, 0.25) is 0 Å². The van der Waals surface area contributed by atoms with Gasteiger partial charge >= 0.3 is 0 Å². The maximum absolute atomic E-state index is 13.2. The summed E-state index contributed by atoms with van der Waals surface area (Å²) in [5, 5.41) is 7.22. The minimum absolute atomic E-state index is 0.182. The molecule has 10 heteroatoms. The average Bonchev–Trinajstić information content (AvgIpc) is 3.40. The number of benzene rings is 1. The topological polar surface area (TPSA) is 113 Å². The molecule has 0 saturated carbocycles. The summed E-state index contributed by atoms with van der Waals surface area (Å²) < 4.78 is 27.8. The van der Waals surface area contributed by atoms with E-state index in [-0.39, 0.29) is 12.5 Å². The van der Waals surface area contributed by atoms with Gasteiger partial charge in [-0.1, -0.05) is 30.3 Å². The Bertz CT molecular complexity index is 1120. The molecule has 0 spiro atoms. The molecule has 1 amide bonds. The van der Waals surface area contributed by atoms with E-state index in [0.29, 0.717) is 23.8 Å². The molecule has 1 aliphatic rings. The number of nitrogens with one attached hydrogen (secondary N) is 2. The van der Waals surface area contributed by atoms with Crippen LogP contribution in [0.25, 0.3) is 11.4 Å². The van der Waals surface area contributed by atoms with Gasteiger partial charge in [0.05, 0.1) is 12.3 Å². The summed E-state index contributed by atoms with van der Waals surface area (Å²) >= 11 is 0. The summed E-state index contributed by atoms with van der Waals surface area (Å²) in [6.45, 7) is 0.253. The van der Waals surface area contributed by atoms with E-state index in [9.17, 15) is 13.2 Å². The zero-order valence-electron chi connectivity index (χ0n) is 16.1. The number of aromatic amines is 1. The van der Waals surface area contributed by atoms with Crippen molar-refractivity contribution in [2.45, 2.75) is 18.5 Å². The van der Waals surface area contributed by atoms with Gasteiger partial charge in [0, 0.05) is 31.4 Å². The number of nitrogens with zero attached hydrogens (tertiary/aromatic N) is 4. The fourth-order valence-electron chi connectivity index (χ4n) is 3.68. The zero-order chi connectivity index (χ0) is 20.6. The summed E-state index contributed by atoms with van der Waals surface area (Å²) in [5.41, 5.74) is 1.39. The lowest BCUT2D eigenvalue weighted by Crippen LogP contribution is -2.38. The van der Waals surface area contributed by atoms with Crippen LogP contribution in [0.5, 0.6) is 0 Å². The Morgan fingerprint density at radius 1 is 1.21 bits per heavy atom. The van der Waals surface area contributed by atoms with E-state index in [2.05, 4.69) is 19.9 Å². The first kappa shape index (κ1) is 19.3. The van der Waals surface area contributed by atoms with Gasteiger partial charge < -0.3 is 9.47 Å². The smallest absolute Gasteiger partial charge is 0.271 e. The minimum Gasteiger partial charge on any atom is -0.347 e. The zero-order valence-corrected chi connectivity index (χ0v) is 16.9. The predicted molar refractivity (Wildman–Crippen MR) is 107 cm³/mol. The molecule has 1 fully saturated rings. The SMILES string of the molecule is Cn1cccc1C(=O)N1C[C@@H](NS(C)(=O)=O)C[C@H]1c1nc(-c2ccccc2)n[nH]1. The molecule has 3 aromatic rings. The number of hydrogen-bond acceptors (Lipinski definition) is 5. The summed E-state index contributed by atoms with van der Waals surface area (Å²) in [4.78, 5) is 19.4. The fraction of sp³-hybridized carbons (Fsp3) is 0.316. The number of rotatable bonds is 5. The van der Waals surface area contributed by atoms with Gasteiger partial charge in [-0.15, -0.1) is 0 Å². The number of carbonyl (C=O) groups excluding carboxylic acids is 1. The van der Waals surface area contributed by atoms with Gasteiger partial charge in [0.25, 0.3) is 5.91 Å². The van der Waals surface area contributed by atoms with Crippen molar-refractivity contribution < 1.29 is 13.2 Å². The molecule has 0 radical (unpaired) electrons. The van der Waals surface area contributed by atoms with Gasteiger partial charge in [-0.2, -0.15) is 5.10 Å². The molecule has 3 heterocycles. The van der Waals surface area contributed by atoms with E-state index < -0.39 is 22.1 Å². The molecule has 9 nitrogen and oxygen atoms in total. The van der Waals surface area contributed by atoms with Crippen molar-refractivity contribution in [2.24, 2.45) is 7.05 Å². The maximum atomic E-state index is 13.2. The lowest BCUT2D eigenvalue weighted by molar-refractivity contribution is 0.0718. The van der Waals surface area contributed by atoms with E-state index in [4.69, 9.17) is 0 Å². The number of H-pyrrole nitrogens is 1. The van der Waals surface area contributed by atoms with Crippen molar-refractivity contribution >= 4 is 15.9 Å². The standard InChI is InChI=1S/C19H22N6O3S/c1-24-10-6-9-15(24)19(26)25-12-14(23-29(2,27)28)11-16(25)18-20-17(21-22-18)13-7-4-3-5-8-13/h3-10,14,16,23H,11-12H2,1-2H3,(H,20,21,22)/t14-,16-/m0/s1. The highest BCUT2D eigenvalue weighted by atomic mass is 32.2. The first-order valence-corrected chi connectivity index (χ1v) is 11.1. The van der Waals surface area contributed by atoms with E-state index in [1.807, 2.05) is 30.3 Å². The van der Waals surface area contributed by atoms with Crippen LogP contribution in [0.15, 0.2) is 48.7 Å². The molecule has 2 atom stereocenters. The van der Waals surface area contributed by atoms with Gasteiger partial charge in [-0.25, -0.2) is 18.1 Å². The van der Waals surface area contributed by atoms with Crippen LogP contribution in [0.1, 0.15) is 28.8 Å². The molecule has 0 bridgehead atoms. The Kier molecular flexibility index (Phi) is 4.97. The number of aryl methyl sites for hydroxylation is 1. The predicted octanol–water partition coefficient (Wildman–Crippen LogP) is 1.32. The first-order chi connectivity index (χ1) is 13.8. The largest absolute Gasteiger partial charge is 0.347 e. The normalized spacial score (nSPS) is 19.6. The van der Waals surface area contributed by atoms with Gasteiger partial charge in [-0.05, 0) is 18.6 Å². The second-order valence-corrected chi connectivity index (χ2v) is 8.99.